The zero-order chi connectivity index (χ0) is 21.1. The highest BCUT2D eigenvalue weighted by Gasteiger charge is 2.32. The van der Waals surface area contributed by atoms with Crippen LogP contribution in [0.3, 0.4) is 0 Å². The Balaban J connectivity index is 2.56. The zero-order valence-corrected chi connectivity index (χ0v) is 16.1. The summed E-state index contributed by atoms with van der Waals surface area (Å²) in [5, 5.41) is 0. The molecular formula is C19H19F3N2O3S. The fourth-order valence-corrected chi connectivity index (χ4v) is 3.95. The smallest absolute Gasteiger partial charge is 0.345 e. The summed E-state index contributed by atoms with van der Waals surface area (Å²) in [4.78, 5) is 13.2. The van der Waals surface area contributed by atoms with Crippen LogP contribution in [0.25, 0.3) is 0 Å². The van der Waals surface area contributed by atoms with Gasteiger partial charge in [-0.15, -0.1) is 6.58 Å². The Bertz CT molecular complexity index is 986. The average Bonchev–Trinajstić information content (AvgIpc) is 2.64. The Hall–Kier alpha value is -2.81. The van der Waals surface area contributed by atoms with Crippen LogP contribution in [-0.4, -0.2) is 39.9 Å². The van der Waals surface area contributed by atoms with E-state index in [0.29, 0.717) is 0 Å². The van der Waals surface area contributed by atoms with E-state index in [1.165, 1.54) is 55.4 Å². The van der Waals surface area contributed by atoms with Gasteiger partial charge in [0.25, 0.3) is 15.9 Å². The zero-order valence-electron chi connectivity index (χ0n) is 15.3. The lowest BCUT2D eigenvalue weighted by molar-refractivity contribution is -0.137. The Morgan fingerprint density at radius 3 is 2.32 bits per heavy atom. The van der Waals surface area contributed by atoms with Gasteiger partial charge in [-0.1, -0.05) is 18.2 Å². The van der Waals surface area contributed by atoms with Crippen LogP contribution >= 0.6 is 0 Å². The third-order valence-electron chi connectivity index (χ3n) is 3.83. The monoisotopic (exact) mass is 412 g/mol. The summed E-state index contributed by atoms with van der Waals surface area (Å²) in [6.45, 7) is 3.24. The molecule has 0 heterocycles. The van der Waals surface area contributed by atoms with Crippen LogP contribution in [0.4, 0.5) is 18.9 Å². The maximum absolute atomic E-state index is 13.1. The predicted octanol–water partition coefficient (Wildman–Crippen LogP) is 3.79. The fraction of sp³-hybridized carbons (Fsp3) is 0.211. The topological polar surface area (TPSA) is 57.7 Å². The Labute approximate surface area is 161 Å². The molecule has 0 bridgehead atoms. The van der Waals surface area contributed by atoms with Crippen molar-refractivity contribution in [2.45, 2.75) is 11.1 Å². The molecule has 0 spiro atoms. The molecule has 0 aliphatic carbocycles. The van der Waals surface area contributed by atoms with Crippen LogP contribution in [0.1, 0.15) is 15.9 Å². The van der Waals surface area contributed by atoms with E-state index in [1.54, 1.807) is 0 Å². The van der Waals surface area contributed by atoms with Crippen molar-refractivity contribution in [3.8, 4) is 0 Å². The SMILES string of the molecule is C=CCN(c1cccc(C(F)(F)F)c1)S(=O)(=O)c1cccc(C(=O)N(C)C)c1. The average molecular weight is 412 g/mol. The van der Waals surface area contributed by atoms with Gasteiger partial charge in [0, 0.05) is 19.7 Å². The Morgan fingerprint density at radius 2 is 1.75 bits per heavy atom. The molecule has 0 radical (unpaired) electrons. The number of nitrogens with zero attached hydrogens (tertiary/aromatic N) is 2. The minimum absolute atomic E-state index is 0.147. The summed E-state index contributed by atoms with van der Waals surface area (Å²) in [5.41, 5.74) is -0.974. The first-order valence-electron chi connectivity index (χ1n) is 8.11. The van der Waals surface area contributed by atoms with Crippen molar-refractivity contribution in [3.63, 3.8) is 0 Å². The number of benzene rings is 2. The van der Waals surface area contributed by atoms with Crippen molar-refractivity contribution < 1.29 is 26.4 Å². The molecule has 0 aliphatic rings. The summed E-state index contributed by atoms with van der Waals surface area (Å²) in [6, 6.07) is 9.37. The van der Waals surface area contributed by atoms with Gasteiger partial charge in [0.15, 0.2) is 0 Å². The van der Waals surface area contributed by atoms with E-state index in [4.69, 9.17) is 0 Å². The quantitative estimate of drug-likeness (QED) is 0.679. The van der Waals surface area contributed by atoms with E-state index in [1.807, 2.05) is 0 Å². The molecule has 0 unspecified atom stereocenters. The normalized spacial score (nSPS) is 11.8. The molecule has 9 heteroatoms. The second kappa shape index (κ2) is 8.05. The number of halogens is 3. The molecular weight excluding hydrogens is 393 g/mol. The number of carbonyl (C=O) groups is 1. The summed E-state index contributed by atoms with van der Waals surface area (Å²) < 4.78 is 66.1. The molecule has 28 heavy (non-hydrogen) atoms. The minimum atomic E-state index is -4.61. The van der Waals surface area contributed by atoms with Crippen LogP contribution in [0.2, 0.25) is 0 Å². The van der Waals surface area contributed by atoms with E-state index < -0.39 is 27.7 Å². The largest absolute Gasteiger partial charge is 0.416 e. The van der Waals surface area contributed by atoms with Crippen LogP contribution in [-0.2, 0) is 16.2 Å². The van der Waals surface area contributed by atoms with E-state index in [9.17, 15) is 26.4 Å². The van der Waals surface area contributed by atoms with Gasteiger partial charge in [-0.2, -0.15) is 13.2 Å². The lowest BCUT2D eigenvalue weighted by Gasteiger charge is -2.24. The van der Waals surface area contributed by atoms with Gasteiger partial charge in [0.05, 0.1) is 22.7 Å². The maximum atomic E-state index is 13.1. The van der Waals surface area contributed by atoms with Crippen molar-refractivity contribution in [3.05, 3.63) is 72.3 Å². The minimum Gasteiger partial charge on any atom is -0.345 e. The molecule has 5 nitrogen and oxygen atoms in total. The lowest BCUT2D eigenvalue weighted by atomic mass is 10.2. The van der Waals surface area contributed by atoms with Crippen LogP contribution in [0, 0.1) is 0 Å². The Morgan fingerprint density at radius 1 is 1.11 bits per heavy atom. The second-order valence-corrected chi connectivity index (χ2v) is 7.96. The number of hydrogen-bond donors (Lipinski definition) is 0. The first kappa shape index (κ1) is 21.5. The third-order valence-corrected chi connectivity index (χ3v) is 5.62. The molecule has 0 saturated carbocycles. The maximum Gasteiger partial charge on any atom is 0.416 e. The molecule has 0 fully saturated rings. The van der Waals surface area contributed by atoms with Crippen molar-refractivity contribution in [1.29, 1.82) is 0 Å². The molecule has 0 N–H and O–H groups in total. The molecule has 2 aromatic rings. The van der Waals surface area contributed by atoms with Crippen molar-refractivity contribution in [1.82, 2.24) is 4.90 Å². The molecule has 2 rings (SSSR count). The van der Waals surface area contributed by atoms with Crippen molar-refractivity contribution in [2.75, 3.05) is 24.9 Å². The number of amides is 1. The van der Waals surface area contributed by atoms with Gasteiger partial charge in [0.2, 0.25) is 0 Å². The van der Waals surface area contributed by atoms with E-state index >= 15 is 0 Å². The fourth-order valence-electron chi connectivity index (χ4n) is 2.47. The number of rotatable bonds is 6. The Kier molecular flexibility index (Phi) is 6.18. The molecule has 0 aromatic heterocycles. The first-order valence-corrected chi connectivity index (χ1v) is 9.55. The number of anilines is 1. The van der Waals surface area contributed by atoms with Crippen LogP contribution in [0.5, 0.6) is 0 Å². The summed E-state index contributed by atoms with van der Waals surface area (Å²) >= 11 is 0. The van der Waals surface area contributed by atoms with Gasteiger partial charge in [-0.3, -0.25) is 9.10 Å². The van der Waals surface area contributed by atoms with Crippen molar-refractivity contribution >= 4 is 21.6 Å². The number of sulfonamides is 1. The predicted molar refractivity (Wildman–Crippen MR) is 101 cm³/mol. The summed E-state index contributed by atoms with van der Waals surface area (Å²) in [5.74, 6) is -0.397. The standard InChI is InChI=1S/C19H19F3N2O3S/c1-4-11-24(16-9-6-8-15(13-16)19(20,21)22)28(26,27)17-10-5-7-14(12-17)18(25)23(2)3/h4-10,12-13H,1,11H2,2-3H3. The van der Waals surface area contributed by atoms with Crippen molar-refractivity contribution in [2.24, 2.45) is 0 Å². The number of carbonyl (C=O) groups excluding carboxylic acids is 1. The van der Waals surface area contributed by atoms with Gasteiger partial charge < -0.3 is 4.90 Å². The molecule has 0 saturated heterocycles. The molecule has 150 valence electrons. The van der Waals surface area contributed by atoms with Crippen LogP contribution in [0.15, 0.2) is 66.1 Å². The first-order chi connectivity index (χ1) is 13.0. The number of hydrogen-bond acceptors (Lipinski definition) is 3. The van der Waals surface area contributed by atoms with E-state index in [-0.39, 0.29) is 22.7 Å². The van der Waals surface area contributed by atoms with E-state index in [2.05, 4.69) is 6.58 Å². The molecule has 0 atom stereocenters. The van der Waals surface area contributed by atoms with Gasteiger partial charge >= 0.3 is 6.18 Å². The highest BCUT2D eigenvalue weighted by atomic mass is 32.2. The van der Waals surface area contributed by atoms with Crippen LogP contribution < -0.4 is 4.31 Å². The summed E-state index contributed by atoms with van der Waals surface area (Å²) in [7, 11) is -1.19. The third kappa shape index (κ3) is 4.53. The second-order valence-electron chi connectivity index (χ2n) is 6.10. The lowest BCUT2D eigenvalue weighted by Crippen LogP contribution is -2.31. The summed E-state index contributed by atoms with van der Waals surface area (Å²) in [6.07, 6.45) is -3.34. The van der Waals surface area contributed by atoms with Gasteiger partial charge in [-0.05, 0) is 36.4 Å². The highest BCUT2D eigenvalue weighted by molar-refractivity contribution is 7.92. The molecule has 1 amide bonds. The van der Waals surface area contributed by atoms with Gasteiger partial charge in [-0.25, -0.2) is 8.42 Å². The number of alkyl halides is 3. The van der Waals surface area contributed by atoms with E-state index in [0.717, 1.165) is 22.5 Å². The highest BCUT2D eigenvalue weighted by Crippen LogP contribution is 2.33. The molecule has 0 aliphatic heterocycles. The molecule has 2 aromatic carbocycles. The van der Waals surface area contributed by atoms with Gasteiger partial charge in [0.1, 0.15) is 0 Å².